The van der Waals surface area contributed by atoms with E-state index in [2.05, 4.69) is 21.2 Å². The molecular weight excluding hydrogens is 378 g/mol. The molecule has 0 radical (unpaired) electrons. The zero-order valence-electron chi connectivity index (χ0n) is 11.9. The van der Waals surface area contributed by atoms with Crippen LogP contribution in [0.3, 0.4) is 0 Å². The van der Waals surface area contributed by atoms with Crippen molar-refractivity contribution in [1.82, 2.24) is 5.32 Å². The predicted octanol–water partition coefficient (Wildman–Crippen LogP) is 3.75. The van der Waals surface area contributed by atoms with E-state index in [1.165, 1.54) is 6.07 Å². The van der Waals surface area contributed by atoms with Gasteiger partial charge < -0.3 is 5.32 Å². The minimum atomic E-state index is -3.89. The van der Waals surface area contributed by atoms with Gasteiger partial charge in [-0.3, -0.25) is 4.79 Å². The van der Waals surface area contributed by atoms with Crippen LogP contribution in [0.2, 0.25) is 0 Å². The van der Waals surface area contributed by atoms with Crippen LogP contribution in [0.4, 0.5) is 0 Å². The fourth-order valence-corrected chi connectivity index (χ4v) is 4.48. The highest BCUT2D eigenvalue weighted by Gasteiger charge is 2.31. The molecule has 116 valence electrons. The third-order valence-corrected chi connectivity index (χ3v) is 6.22. The number of halogens is 2. The molecule has 0 atom stereocenters. The molecule has 0 aliphatic heterocycles. The SMILES string of the molecule is Cc1c(Br)cc(C(=O)NC2(C)CCCC2)cc1S(=O)(=O)Cl. The van der Waals surface area contributed by atoms with E-state index in [1.807, 2.05) is 6.92 Å². The van der Waals surface area contributed by atoms with Gasteiger partial charge in [-0.15, -0.1) is 0 Å². The van der Waals surface area contributed by atoms with Crippen molar-refractivity contribution in [2.75, 3.05) is 0 Å². The smallest absolute Gasteiger partial charge is 0.261 e. The highest BCUT2D eigenvalue weighted by molar-refractivity contribution is 9.10. The zero-order valence-corrected chi connectivity index (χ0v) is 15.0. The van der Waals surface area contributed by atoms with Crippen LogP contribution in [0.1, 0.15) is 48.5 Å². The normalized spacial score (nSPS) is 17.7. The summed E-state index contributed by atoms with van der Waals surface area (Å²) in [4.78, 5) is 12.3. The van der Waals surface area contributed by atoms with Crippen LogP contribution in [0.25, 0.3) is 0 Å². The van der Waals surface area contributed by atoms with Gasteiger partial charge in [0.05, 0.1) is 4.90 Å². The number of carbonyl (C=O) groups excluding carboxylic acids is 1. The van der Waals surface area contributed by atoms with E-state index >= 15 is 0 Å². The first-order chi connectivity index (χ1) is 9.62. The Kier molecular flexibility index (Phi) is 4.71. The van der Waals surface area contributed by atoms with Crippen molar-refractivity contribution in [2.24, 2.45) is 0 Å². The van der Waals surface area contributed by atoms with Crippen molar-refractivity contribution < 1.29 is 13.2 Å². The summed E-state index contributed by atoms with van der Waals surface area (Å²) >= 11 is 3.28. The van der Waals surface area contributed by atoms with Crippen LogP contribution in [0.15, 0.2) is 21.5 Å². The Morgan fingerprint density at radius 2 is 1.90 bits per heavy atom. The van der Waals surface area contributed by atoms with E-state index in [4.69, 9.17) is 10.7 Å². The molecule has 1 saturated carbocycles. The summed E-state index contributed by atoms with van der Waals surface area (Å²) in [6.45, 7) is 3.65. The van der Waals surface area contributed by atoms with Gasteiger partial charge in [-0.1, -0.05) is 28.8 Å². The summed E-state index contributed by atoms with van der Waals surface area (Å²) in [6.07, 6.45) is 4.06. The van der Waals surface area contributed by atoms with E-state index < -0.39 is 9.05 Å². The van der Waals surface area contributed by atoms with Gasteiger partial charge in [0.15, 0.2) is 0 Å². The van der Waals surface area contributed by atoms with Gasteiger partial charge in [-0.05, 0) is 44.4 Å². The molecule has 2 rings (SSSR count). The number of benzene rings is 1. The Hall–Kier alpha value is -0.590. The molecule has 7 heteroatoms. The molecule has 1 N–H and O–H groups in total. The molecule has 1 amide bonds. The van der Waals surface area contributed by atoms with Crippen molar-refractivity contribution in [3.05, 3.63) is 27.7 Å². The van der Waals surface area contributed by atoms with Crippen molar-refractivity contribution in [1.29, 1.82) is 0 Å². The quantitative estimate of drug-likeness (QED) is 0.794. The lowest BCUT2D eigenvalue weighted by molar-refractivity contribution is 0.0908. The lowest BCUT2D eigenvalue weighted by Gasteiger charge is -2.25. The van der Waals surface area contributed by atoms with Gasteiger partial charge in [0.25, 0.3) is 15.0 Å². The Labute approximate surface area is 137 Å². The third kappa shape index (κ3) is 3.79. The summed E-state index contributed by atoms with van der Waals surface area (Å²) in [5, 5.41) is 3.00. The highest BCUT2D eigenvalue weighted by atomic mass is 79.9. The standard InChI is InChI=1S/C14H17BrClNO3S/c1-9-11(15)7-10(8-12(9)21(16,19)20)13(18)17-14(2)5-3-4-6-14/h7-8H,3-6H2,1-2H3,(H,17,18). The lowest BCUT2D eigenvalue weighted by Crippen LogP contribution is -2.43. The fourth-order valence-electron chi connectivity index (χ4n) is 2.66. The van der Waals surface area contributed by atoms with Crippen LogP contribution in [-0.4, -0.2) is 19.9 Å². The lowest BCUT2D eigenvalue weighted by atomic mass is 10.00. The minimum Gasteiger partial charge on any atom is -0.347 e. The monoisotopic (exact) mass is 393 g/mol. The van der Waals surface area contributed by atoms with E-state index in [9.17, 15) is 13.2 Å². The molecule has 4 nitrogen and oxygen atoms in total. The summed E-state index contributed by atoms with van der Waals surface area (Å²) in [7, 11) is 1.54. The topological polar surface area (TPSA) is 63.2 Å². The second-order valence-corrected chi connectivity index (χ2v) is 9.13. The molecule has 1 aliphatic rings. The van der Waals surface area contributed by atoms with Crippen LogP contribution in [0.5, 0.6) is 0 Å². The molecule has 1 aromatic carbocycles. The van der Waals surface area contributed by atoms with Gasteiger partial charge in [0, 0.05) is 26.3 Å². The van der Waals surface area contributed by atoms with Gasteiger partial charge in [0.2, 0.25) is 0 Å². The van der Waals surface area contributed by atoms with Crippen molar-refractivity contribution in [2.45, 2.75) is 50.0 Å². The van der Waals surface area contributed by atoms with E-state index in [0.29, 0.717) is 15.6 Å². The molecule has 0 heterocycles. The first kappa shape index (κ1) is 16.8. The van der Waals surface area contributed by atoms with Crippen molar-refractivity contribution in [3.63, 3.8) is 0 Å². The Morgan fingerprint density at radius 1 is 1.33 bits per heavy atom. The Morgan fingerprint density at radius 3 is 2.43 bits per heavy atom. The second kappa shape index (κ2) is 5.89. The molecule has 0 saturated heterocycles. The van der Waals surface area contributed by atoms with Crippen molar-refractivity contribution in [3.8, 4) is 0 Å². The average Bonchev–Trinajstić information content (AvgIpc) is 2.77. The maximum absolute atomic E-state index is 12.4. The van der Waals surface area contributed by atoms with E-state index in [0.717, 1.165) is 25.7 Å². The number of hydrogen-bond donors (Lipinski definition) is 1. The van der Waals surface area contributed by atoms with Crippen LogP contribution in [0, 0.1) is 6.92 Å². The number of hydrogen-bond acceptors (Lipinski definition) is 3. The molecule has 1 aliphatic carbocycles. The Bertz CT molecular complexity index is 682. The Balaban J connectivity index is 2.36. The number of nitrogens with one attached hydrogen (secondary N) is 1. The average molecular weight is 395 g/mol. The highest BCUT2D eigenvalue weighted by Crippen LogP contribution is 2.31. The zero-order chi connectivity index (χ0) is 15.8. The minimum absolute atomic E-state index is 0.0414. The van der Waals surface area contributed by atoms with Gasteiger partial charge in [-0.25, -0.2) is 8.42 Å². The first-order valence-electron chi connectivity index (χ1n) is 6.70. The van der Waals surface area contributed by atoms with Gasteiger partial charge in [0.1, 0.15) is 0 Å². The second-order valence-electron chi connectivity index (χ2n) is 5.74. The van der Waals surface area contributed by atoms with E-state index in [-0.39, 0.29) is 16.3 Å². The van der Waals surface area contributed by atoms with Crippen molar-refractivity contribution >= 4 is 41.6 Å². The maximum Gasteiger partial charge on any atom is 0.261 e. The summed E-state index contributed by atoms with van der Waals surface area (Å²) in [6, 6.07) is 2.95. The largest absolute Gasteiger partial charge is 0.347 e. The van der Waals surface area contributed by atoms with Crippen LogP contribution >= 0.6 is 26.6 Å². The summed E-state index contributed by atoms with van der Waals surface area (Å²) < 4.78 is 23.7. The maximum atomic E-state index is 12.4. The first-order valence-corrected chi connectivity index (χ1v) is 9.80. The molecule has 0 aromatic heterocycles. The molecule has 0 unspecified atom stereocenters. The number of carbonyl (C=O) groups is 1. The molecule has 0 spiro atoms. The predicted molar refractivity (Wildman–Crippen MR) is 86.3 cm³/mol. The molecule has 1 aromatic rings. The number of rotatable bonds is 3. The molecule has 21 heavy (non-hydrogen) atoms. The molecule has 1 fully saturated rings. The van der Waals surface area contributed by atoms with Gasteiger partial charge >= 0.3 is 0 Å². The third-order valence-electron chi connectivity index (χ3n) is 3.94. The van der Waals surface area contributed by atoms with Crippen LogP contribution in [-0.2, 0) is 9.05 Å². The number of amides is 1. The molecule has 0 bridgehead atoms. The summed E-state index contributed by atoms with van der Waals surface area (Å²) in [5.41, 5.74) is 0.572. The summed E-state index contributed by atoms with van der Waals surface area (Å²) in [5.74, 6) is -0.276. The van der Waals surface area contributed by atoms with E-state index in [1.54, 1.807) is 13.0 Å². The fraction of sp³-hybridized carbons (Fsp3) is 0.500. The van der Waals surface area contributed by atoms with Crippen LogP contribution < -0.4 is 5.32 Å². The van der Waals surface area contributed by atoms with Gasteiger partial charge in [-0.2, -0.15) is 0 Å². The molecular formula is C14H17BrClNO3S.